The van der Waals surface area contributed by atoms with Gasteiger partial charge in [-0.05, 0) is 91.5 Å². The average Bonchev–Trinajstić information content (AvgIpc) is 3.04. The highest BCUT2D eigenvalue weighted by Crippen LogP contribution is 2.56. The smallest absolute Gasteiger partial charge is 0.408 e. The molecule has 238 valence electrons. The van der Waals surface area contributed by atoms with Gasteiger partial charge in [0.25, 0.3) is 0 Å². The van der Waals surface area contributed by atoms with Crippen LogP contribution in [0, 0.1) is 23.7 Å². The molecule has 4 saturated carbocycles. The molecule has 0 spiro atoms. The Bertz CT molecular complexity index is 1420. The third-order valence-corrected chi connectivity index (χ3v) is 10.5. The number of carbonyl (C=O) groups is 2. The number of aliphatic hydroxyl groups excluding tert-OH is 2. The molecule has 3 atom stereocenters. The number of carboxylic acid groups (broad SMARTS) is 1. The first-order valence-corrected chi connectivity index (χ1v) is 16.2. The Kier molecular flexibility index (Phi) is 9.15. The van der Waals surface area contributed by atoms with E-state index in [0.29, 0.717) is 29.8 Å². The molecule has 0 aromatic heterocycles. The van der Waals surface area contributed by atoms with Crippen LogP contribution in [0.1, 0.15) is 61.8 Å². The summed E-state index contributed by atoms with van der Waals surface area (Å²) in [5.41, 5.74) is 0.900. The number of nitrogens with one attached hydrogen (secondary N) is 1. The van der Waals surface area contributed by atoms with Gasteiger partial charge in [-0.3, -0.25) is 9.69 Å². The second kappa shape index (κ2) is 13.2. The molecule has 0 aliphatic heterocycles. The Morgan fingerprint density at radius 3 is 2.00 bits per heavy atom. The molecular weight excluding hydrogens is 568 g/mol. The summed E-state index contributed by atoms with van der Waals surface area (Å²) in [6, 6.07) is 24.9. The highest BCUT2D eigenvalue weighted by Gasteiger charge is 2.56. The van der Waals surface area contributed by atoms with Gasteiger partial charge in [-0.2, -0.15) is 0 Å². The quantitative estimate of drug-likeness (QED) is 0.212. The summed E-state index contributed by atoms with van der Waals surface area (Å²) >= 11 is 0. The number of nitrogens with zero attached hydrogens (tertiary/aromatic N) is 1. The topological polar surface area (TPSA) is 119 Å². The zero-order valence-electron chi connectivity index (χ0n) is 25.8. The van der Waals surface area contributed by atoms with Crippen molar-refractivity contribution in [2.75, 3.05) is 6.61 Å². The van der Waals surface area contributed by atoms with Crippen molar-refractivity contribution in [3.63, 3.8) is 0 Å². The van der Waals surface area contributed by atoms with E-state index in [9.17, 15) is 24.9 Å². The van der Waals surface area contributed by atoms with E-state index >= 15 is 0 Å². The standard InChI is InChI=1S/C37H44N2O6/c1-37(35(42)38-32(22-40)34(41)28-10-6-3-7-11-28,21-24-12-14-31(15-13-24)45-23-25-8-4-2-5-9-25)39(36(43)44)33-29-17-26-16-27(19-29)20-30(33)18-26/h2-15,26-27,29-30,32-34,40-41H,16-23H2,1H3,(H,38,42)(H,43,44). The van der Waals surface area contributed by atoms with Crippen LogP contribution in [0.4, 0.5) is 4.79 Å². The number of amides is 2. The highest BCUT2D eigenvalue weighted by molar-refractivity contribution is 5.90. The molecule has 3 unspecified atom stereocenters. The molecule has 3 aromatic carbocycles. The van der Waals surface area contributed by atoms with Crippen LogP contribution in [-0.4, -0.2) is 56.4 Å². The zero-order chi connectivity index (χ0) is 31.6. The molecule has 7 rings (SSSR count). The Hall–Kier alpha value is -3.88. The highest BCUT2D eigenvalue weighted by atomic mass is 16.5. The van der Waals surface area contributed by atoms with E-state index in [1.54, 1.807) is 31.2 Å². The van der Waals surface area contributed by atoms with Crippen molar-refractivity contribution in [2.24, 2.45) is 23.7 Å². The maximum atomic E-state index is 14.4. The summed E-state index contributed by atoms with van der Waals surface area (Å²) < 4.78 is 5.97. The number of hydrogen-bond acceptors (Lipinski definition) is 5. The monoisotopic (exact) mass is 612 g/mol. The Balaban J connectivity index is 1.28. The van der Waals surface area contributed by atoms with Crippen LogP contribution in [0.5, 0.6) is 5.75 Å². The van der Waals surface area contributed by atoms with Gasteiger partial charge < -0.3 is 25.4 Å². The van der Waals surface area contributed by atoms with Crippen molar-refractivity contribution < 1.29 is 29.6 Å². The lowest BCUT2D eigenvalue weighted by molar-refractivity contribution is -0.142. The first kappa shape index (κ1) is 31.1. The number of rotatable bonds is 12. The summed E-state index contributed by atoms with van der Waals surface area (Å²) in [6.07, 6.45) is 3.08. The number of hydrogen-bond donors (Lipinski definition) is 4. The van der Waals surface area contributed by atoms with Gasteiger partial charge in [0.05, 0.1) is 12.6 Å². The van der Waals surface area contributed by atoms with Gasteiger partial charge in [0, 0.05) is 12.5 Å². The first-order chi connectivity index (χ1) is 21.7. The van der Waals surface area contributed by atoms with Crippen molar-refractivity contribution >= 4 is 12.0 Å². The second-order valence-corrected chi connectivity index (χ2v) is 13.6. The largest absolute Gasteiger partial charge is 0.489 e. The fraction of sp³-hybridized carbons (Fsp3) is 0.459. The van der Waals surface area contributed by atoms with E-state index in [2.05, 4.69) is 5.32 Å². The predicted octanol–water partition coefficient (Wildman–Crippen LogP) is 5.58. The minimum absolute atomic E-state index is 0.131. The average molecular weight is 613 g/mol. The third-order valence-electron chi connectivity index (χ3n) is 10.5. The van der Waals surface area contributed by atoms with Crippen LogP contribution in [0.3, 0.4) is 0 Å². The van der Waals surface area contributed by atoms with Gasteiger partial charge >= 0.3 is 6.09 Å². The van der Waals surface area contributed by atoms with Crippen LogP contribution in [0.15, 0.2) is 84.9 Å². The number of aliphatic hydroxyl groups is 2. The van der Waals surface area contributed by atoms with Crippen molar-refractivity contribution in [3.05, 3.63) is 102 Å². The maximum Gasteiger partial charge on any atom is 0.408 e. The van der Waals surface area contributed by atoms with Crippen LogP contribution in [-0.2, 0) is 17.8 Å². The summed E-state index contributed by atoms with van der Waals surface area (Å²) in [5, 5.41) is 35.1. The van der Waals surface area contributed by atoms with E-state index in [1.165, 1.54) is 11.3 Å². The summed E-state index contributed by atoms with van der Waals surface area (Å²) in [4.78, 5) is 29.1. The Morgan fingerprint density at radius 2 is 1.44 bits per heavy atom. The molecule has 0 heterocycles. The fourth-order valence-corrected chi connectivity index (χ4v) is 8.53. The number of carbonyl (C=O) groups excluding carboxylic acids is 1. The van der Waals surface area contributed by atoms with Crippen molar-refractivity contribution in [1.29, 1.82) is 0 Å². The van der Waals surface area contributed by atoms with Gasteiger partial charge in [0.15, 0.2) is 0 Å². The van der Waals surface area contributed by atoms with Gasteiger partial charge in [-0.15, -0.1) is 0 Å². The molecule has 2 amide bonds. The maximum absolute atomic E-state index is 14.4. The molecular formula is C37H44N2O6. The number of benzene rings is 3. The van der Waals surface area contributed by atoms with Crippen molar-refractivity contribution in [1.82, 2.24) is 10.2 Å². The predicted molar refractivity (Wildman–Crippen MR) is 170 cm³/mol. The summed E-state index contributed by atoms with van der Waals surface area (Å²) in [7, 11) is 0. The normalized spacial score (nSPS) is 26.0. The lowest BCUT2D eigenvalue weighted by atomic mass is 9.53. The van der Waals surface area contributed by atoms with E-state index < -0.39 is 36.3 Å². The van der Waals surface area contributed by atoms with Gasteiger partial charge in [0.2, 0.25) is 5.91 Å². The lowest BCUT2D eigenvalue weighted by Crippen LogP contribution is -2.69. The van der Waals surface area contributed by atoms with E-state index in [0.717, 1.165) is 36.8 Å². The Morgan fingerprint density at radius 1 is 0.867 bits per heavy atom. The van der Waals surface area contributed by atoms with Crippen molar-refractivity contribution in [3.8, 4) is 5.75 Å². The van der Waals surface area contributed by atoms with Gasteiger partial charge in [-0.1, -0.05) is 72.8 Å². The molecule has 0 saturated heterocycles. The van der Waals surface area contributed by atoms with Crippen LogP contribution < -0.4 is 10.1 Å². The zero-order valence-corrected chi connectivity index (χ0v) is 25.8. The van der Waals surface area contributed by atoms with Crippen LogP contribution in [0.25, 0.3) is 0 Å². The third kappa shape index (κ3) is 6.58. The molecule has 4 aliphatic rings. The van der Waals surface area contributed by atoms with Crippen LogP contribution >= 0.6 is 0 Å². The Labute approximate surface area is 265 Å². The molecule has 4 aliphatic carbocycles. The first-order valence-electron chi connectivity index (χ1n) is 16.2. The van der Waals surface area contributed by atoms with Crippen molar-refractivity contribution in [2.45, 2.75) is 75.8 Å². The van der Waals surface area contributed by atoms with Gasteiger partial charge in [-0.25, -0.2) is 4.79 Å². The molecule has 3 aromatic rings. The summed E-state index contributed by atoms with van der Waals surface area (Å²) in [5.74, 6) is 1.88. The van der Waals surface area contributed by atoms with E-state index in [4.69, 9.17) is 4.74 Å². The summed E-state index contributed by atoms with van der Waals surface area (Å²) in [6.45, 7) is 1.62. The molecule has 4 fully saturated rings. The molecule has 4 bridgehead atoms. The molecule has 8 nitrogen and oxygen atoms in total. The minimum Gasteiger partial charge on any atom is -0.489 e. The number of ether oxygens (including phenoxy) is 1. The molecule has 8 heteroatoms. The van der Waals surface area contributed by atoms with E-state index in [1.807, 2.05) is 60.7 Å². The fourth-order valence-electron chi connectivity index (χ4n) is 8.53. The molecule has 4 N–H and O–H groups in total. The molecule has 0 radical (unpaired) electrons. The minimum atomic E-state index is -1.50. The SMILES string of the molecule is CC(Cc1ccc(OCc2ccccc2)cc1)(C(=O)NC(CO)C(O)c1ccccc1)N(C(=O)O)C1C2CC3CC(C2)CC1C3. The second-order valence-electron chi connectivity index (χ2n) is 13.6. The van der Waals surface area contributed by atoms with Gasteiger partial charge in [0.1, 0.15) is 24.0 Å². The van der Waals surface area contributed by atoms with Crippen LogP contribution in [0.2, 0.25) is 0 Å². The molecule has 45 heavy (non-hydrogen) atoms. The van der Waals surface area contributed by atoms with E-state index in [-0.39, 0.29) is 24.3 Å². The lowest BCUT2D eigenvalue weighted by Gasteiger charge is -2.59.